The van der Waals surface area contributed by atoms with Crippen LogP contribution >= 0.6 is 0 Å². The van der Waals surface area contributed by atoms with Gasteiger partial charge in [-0.2, -0.15) is 0 Å². The second-order valence-electron chi connectivity index (χ2n) is 5.91. The molecule has 0 atom stereocenters. The molecule has 0 aromatic rings. The summed E-state index contributed by atoms with van der Waals surface area (Å²) < 4.78 is 10.8. The van der Waals surface area contributed by atoms with Gasteiger partial charge in [-0.1, -0.05) is 12.2 Å². The normalized spacial score (nSPS) is 17.3. The van der Waals surface area contributed by atoms with E-state index in [0.29, 0.717) is 19.8 Å². The first-order chi connectivity index (χ1) is 8.29. The Labute approximate surface area is 110 Å². The summed E-state index contributed by atoms with van der Waals surface area (Å²) in [5, 5.41) is 0. The molecular formula is C14H25NO3. The Balaban J connectivity index is 2.70. The molecule has 0 aromatic carbocycles. The van der Waals surface area contributed by atoms with E-state index in [1.165, 1.54) is 0 Å². The van der Waals surface area contributed by atoms with Gasteiger partial charge in [0.25, 0.3) is 0 Å². The topological polar surface area (TPSA) is 38.8 Å². The van der Waals surface area contributed by atoms with Crippen LogP contribution in [0.1, 0.15) is 40.5 Å². The highest BCUT2D eigenvalue weighted by molar-refractivity contribution is 5.69. The number of ether oxygens (including phenoxy) is 2. The smallest absolute Gasteiger partial charge is 0.410 e. The maximum Gasteiger partial charge on any atom is 0.410 e. The Morgan fingerprint density at radius 1 is 1.39 bits per heavy atom. The van der Waals surface area contributed by atoms with E-state index in [0.717, 1.165) is 18.4 Å². The fraction of sp³-hybridized carbons (Fsp3) is 0.786. The summed E-state index contributed by atoms with van der Waals surface area (Å²) in [4.78, 5) is 14.0. The molecule has 1 aliphatic rings. The van der Waals surface area contributed by atoms with Crippen molar-refractivity contribution in [2.45, 2.75) is 52.2 Å². The van der Waals surface area contributed by atoms with E-state index in [1.54, 1.807) is 4.90 Å². The quantitative estimate of drug-likeness (QED) is 0.728. The first kappa shape index (κ1) is 15.0. The third-order valence-corrected chi connectivity index (χ3v) is 2.70. The Bertz CT molecular complexity index is 301. The third kappa shape index (κ3) is 5.08. The summed E-state index contributed by atoms with van der Waals surface area (Å²) in [6.45, 7) is 13.4. The van der Waals surface area contributed by atoms with Gasteiger partial charge in [0, 0.05) is 25.8 Å². The van der Waals surface area contributed by atoms with Crippen LogP contribution in [0.15, 0.2) is 12.2 Å². The molecule has 0 aliphatic carbocycles. The summed E-state index contributed by atoms with van der Waals surface area (Å²) in [7, 11) is 0. The molecule has 1 rings (SSSR count). The summed E-state index contributed by atoms with van der Waals surface area (Å²) in [6, 6.07) is 0.199. The number of nitrogens with zero attached hydrogens (tertiary/aromatic N) is 1. The van der Waals surface area contributed by atoms with Crippen molar-refractivity contribution in [2.24, 2.45) is 0 Å². The SMILES string of the molecule is C=C(C)CN(C(=O)OC(C)(C)C)C1CCOCC1. The molecule has 1 heterocycles. The molecule has 0 radical (unpaired) electrons. The van der Waals surface area contributed by atoms with Crippen LogP contribution in [0.5, 0.6) is 0 Å². The number of hydrogen-bond donors (Lipinski definition) is 0. The van der Waals surface area contributed by atoms with E-state index in [4.69, 9.17) is 9.47 Å². The maximum atomic E-state index is 12.2. The zero-order valence-corrected chi connectivity index (χ0v) is 12.0. The van der Waals surface area contributed by atoms with Crippen LogP contribution in [0.2, 0.25) is 0 Å². The monoisotopic (exact) mass is 255 g/mol. The van der Waals surface area contributed by atoms with Crippen LogP contribution in [0.3, 0.4) is 0 Å². The molecule has 0 spiro atoms. The molecule has 1 amide bonds. The van der Waals surface area contributed by atoms with Gasteiger partial charge in [-0.05, 0) is 40.5 Å². The van der Waals surface area contributed by atoms with Crippen molar-refractivity contribution in [2.75, 3.05) is 19.8 Å². The van der Waals surface area contributed by atoms with Crippen LogP contribution < -0.4 is 0 Å². The first-order valence-electron chi connectivity index (χ1n) is 6.51. The van der Waals surface area contributed by atoms with E-state index in [-0.39, 0.29) is 12.1 Å². The number of carbonyl (C=O) groups is 1. The average molecular weight is 255 g/mol. The van der Waals surface area contributed by atoms with Crippen molar-refractivity contribution in [3.63, 3.8) is 0 Å². The molecule has 1 aliphatic heterocycles. The second-order valence-corrected chi connectivity index (χ2v) is 5.91. The minimum Gasteiger partial charge on any atom is -0.444 e. The van der Waals surface area contributed by atoms with Crippen molar-refractivity contribution < 1.29 is 14.3 Å². The lowest BCUT2D eigenvalue weighted by molar-refractivity contribution is -0.00299. The Hall–Kier alpha value is -1.03. The summed E-state index contributed by atoms with van der Waals surface area (Å²) in [5.74, 6) is 0. The molecule has 1 saturated heterocycles. The molecule has 4 nitrogen and oxygen atoms in total. The molecule has 18 heavy (non-hydrogen) atoms. The van der Waals surface area contributed by atoms with Crippen molar-refractivity contribution >= 4 is 6.09 Å². The van der Waals surface area contributed by atoms with Crippen LogP contribution in [0.4, 0.5) is 4.79 Å². The first-order valence-corrected chi connectivity index (χ1v) is 6.51. The molecule has 4 heteroatoms. The number of hydrogen-bond acceptors (Lipinski definition) is 3. The number of carbonyl (C=O) groups excluding carboxylic acids is 1. The van der Waals surface area contributed by atoms with Crippen molar-refractivity contribution in [1.29, 1.82) is 0 Å². The Morgan fingerprint density at radius 2 is 1.94 bits per heavy atom. The fourth-order valence-corrected chi connectivity index (χ4v) is 1.95. The Morgan fingerprint density at radius 3 is 2.39 bits per heavy atom. The zero-order valence-electron chi connectivity index (χ0n) is 12.0. The number of rotatable bonds is 3. The Kier molecular flexibility index (Phi) is 5.20. The molecular weight excluding hydrogens is 230 g/mol. The standard InChI is InChI=1S/C14H25NO3/c1-11(2)10-15(12-6-8-17-9-7-12)13(16)18-14(3,4)5/h12H,1,6-10H2,2-5H3. The molecule has 0 unspecified atom stereocenters. The molecule has 104 valence electrons. The van der Waals surface area contributed by atoms with E-state index in [1.807, 2.05) is 27.7 Å². The van der Waals surface area contributed by atoms with Gasteiger partial charge in [-0.15, -0.1) is 0 Å². The van der Waals surface area contributed by atoms with Gasteiger partial charge in [0.15, 0.2) is 0 Å². The van der Waals surface area contributed by atoms with Gasteiger partial charge in [0.2, 0.25) is 0 Å². The summed E-state index contributed by atoms with van der Waals surface area (Å²) in [6.07, 6.45) is 1.48. The predicted molar refractivity (Wildman–Crippen MR) is 71.6 cm³/mol. The highest BCUT2D eigenvalue weighted by Crippen LogP contribution is 2.19. The highest BCUT2D eigenvalue weighted by atomic mass is 16.6. The van der Waals surface area contributed by atoms with Gasteiger partial charge in [0.05, 0.1) is 0 Å². The second kappa shape index (κ2) is 6.23. The van der Waals surface area contributed by atoms with Crippen LogP contribution in [0.25, 0.3) is 0 Å². The van der Waals surface area contributed by atoms with E-state index >= 15 is 0 Å². The van der Waals surface area contributed by atoms with Crippen molar-refractivity contribution in [3.8, 4) is 0 Å². The lowest BCUT2D eigenvalue weighted by atomic mass is 10.1. The van der Waals surface area contributed by atoms with Gasteiger partial charge in [-0.25, -0.2) is 4.79 Å². The van der Waals surface area contributed by atoms with Gasteiger partial charge in [-0.3, -0.25) is 0 Å². The van der Waals surface area contributed by atoms with Crippen molar-refractivity contribution in [3.05, 3.63) is 12.2 Å². The summed E-state index contributed by atoms with van der Waals surface area (Å²) >= 11 is 0. The maximum absolute atomic E-state index is 12.2. The van der Waals surface area contributed by atoms with Gasteiger partial charge in [0.1, 0.15) is 5.60 Å². The molecule has 1 fully saturated rings. The van der Waals surface area contributed by atoms with Gasteiger partial charge >= 0.3 is 6.09 Å². The minimum atomic E-state index is -0.463. The van der Waals surface area contributed by atoms with Crippen molar-refractivity contribution in [1.82, 2.24) is 4.90 Å². The lowest BCUT2D eigenvalue weighted by Crippen LogP contribution is -2.46. The highest BCUT2D eigenvalue weighted by Gasteiger charge is 2.29. The molecule has 0 saturated carbocycles. The summed E-state index contributed by atoms with van der Waals surface area (Å²) in [5.41, 5.74) is 0.502. The van der Waals surface area contributed by atoms with E-state index in [2.05, 4.69) is 6.58 Å². The van der Waals surface area contributed by atoms with E-state index < -0.39 is 5.60 Å². The average Bonchev–Trinajstić information content (AvgIpc) is 2.24. The van der Waals surface area contributed by atoms with Crippen LogP contribution in [0, 0.1) is 0 Å². The van der Waals surface area contributed by atoms with Crippen LogP contribution in [-0.2, 0) is 9.47 Å². The predicted octanol–water partition coefficient (Wildman–Crippen LogP) is 2.98. The lowest BCUT2D eigenvalue weighted by Gasteiger charge is -2.35. The minimum absolute atomic E-state index is 0.199. The molecule has 0 aromatic heterocycles. The van der Waals surface area contributed by atoms with Crippen LogP contribution in [-0.4, -0.2) is 42.4 Å². The third-order valence-electron chi connectivity index (χ3n) is 2.70. The fourth-order valence-electron chi connectivity index (χ4n) is 1.95. The van der Waals surface area contributed by atoms with E-state index in [9.17, 15) is 4.79 Å². The molecule has 0 N–H and O–H groups in total. The number of amides is 1. The largest absolute Gasteiger partial charge is 0.444 e. The zero-order chi connectivity index (χ0) is 13.8. The van der Waals surface area contributed by atoms with Gasteiger partial charge < -0.3 is 14.4 Å². The molecule has 0 bridgehead atoms.